The first-order chi connectivity index (χ1) is 6.24. The highest BCUT2D eigenvalue weighted by molar-refractivity contribution is 5.92. The molecule has 70 valence electrons. The molecule has 0 bridgehead atoms. The lowest BCUT2D eigenvalue weighted by molar-refractivity contribution is -0.119. The van der Waals surface area contributed by atoms with Crippen molar-refractivity contribution >= 4 is 11.6 Å². The maximum atomic E-state index is 11.4. The minimum absolute atomic E-state index is 0.0631. The van der Waals surface area contributed by atoms with Crippen LogP contribution in [0.5, 0.6) is 0 Å². The molecule has 0 aliphatic rings. The van der Waals surface area contributed by atoms with Crippen LogP contribution in [0.1, 0.15) is 20.3 Å². The molecule has 1 aromatic heterocycles. The van der Waals surface area contributed by atoms with Gasteiger partial charge in [0, 0.05) is 24.0 Å². The second kappa shape index (κ2) is 4.60. The summed E-state index contributed by atoms with van der Waals surface area (Å²) in [6.45, 7) is 3.91. The van der Waals surface area contributed by atoms with Gasteiger partial charge in [0.15, 0.2) is 0 Å². The van der Waals surface area contributed by atoms with Crippen LogP contribution in [-0.4, -0.2) is 10.9 Å². The topological polar surface area (TPSA) is 42.0 Å². The molecule has 1 aromatic rings. The molecule has 0 aromatic carbocycles. The molecule has 3 heteroatoms. The summed E-state index contributed by atoms with van der Waals surface area (Å²) in [4.78, 5) is 15.3. The summed E-state index contributed by atoms with van der Waals surface area (Å²) in [6, 6.07) is 3.56. The first-order valence-corrected chi connectivity index (χ1v) is 4.45. The molecule has 0 spiro atoms. The molecule has 0 fully saturated rings. The predicted molar refractivity (Wildman–Crippen MR) is 52.3 cm³/mol. The lowest BCUT2D eigenvalue weighted by atomic mass is 10.1. The largest absolute Gasteiger partial charge is 0.326 e. The van der Waals surface area contributed by atoms with Crippen LogP contribution < -0.4 is 5.32 Å². The van der Waals surface area contributed by atoms with Crippen LogP contribution in [0.15, 0.2) is 24.5 Å². The highest BCUT2D eigenvalue weighted by atomic mass is 16.1. The second-order valence-electron chi connectivity index (χ2n) is 3.03. The molecule has 0 radical (unpaired) electrons. The zero-order valence-corrected chi connectivity index (χ0v) is 7.95. The van der Waals surface area contributed by atoms with Crippen molar-refractivity contribution in [2.75, 3.05) is 5.32 Å². The SMILES string of the molecule is CC[C@@H](C)C(=O)Nc1ccncc1. The third-order valence-corrected chi connectivity index (χ3v) is 2.01. The molecule has 13 heavy (non-hydrogen) atoms. The molecule has 1 heterocycles. The summed E-state index contributed by atoms with van der Waals surface area (Å²) >= 11 is 0. The summed E-state index contributed by atoms with van der Waals surface area (Å²) in [7, 11) is 0. The van der Waals surface area contributed by atoms with E-state index in [0.29, 0.717) is 0 Å². The monoisotopic (exact) mass is 178 g/mol. The number of anilines is 1. The number of nitrogens with one attached hydrogen (secondary N) is 1. The highest BCUT2D eigenvalue weighted by Crippen LogP contribution is 2.08. The molecule has 1 rings (SSSR count). The Labute approximate surface area is 78.2 Å². The van der Waals surface area contributed by atoms with Gasteiger partial charge in [0.05, 0.1) is 0 Å². The van der Waals surface area contributed by atoms with Crippen LogP contribution in [0, 0.1) is 5.92 Å². The van der Waals surface area contributed by atoms with E-state index in [0.717, 1.165) is 12.1 Å². The van der Waals surface area contributed by atoms with Gasteiger partial charge in [-0.05, 0) is 18.6 Å². The molecule has 3 nitrogen and oxygen atoms in total. The normalized spacial score (nSPS) is 12.2. The summed E-state index contributed by atoms with van der Waals surface area (Å²) in [5, 5.41) is 2.81. The first-order valence-electron chi connectivity index (χ1n) is 4.45. The Morgan fingerprint density at radius 2 is 2.15 bits per heavy atom. The van der Waals surface area contributed by atoms with Crippen LogP contribution in [0.3, 0.4) is 0 Å². The average molecular weight is 178 g/mol. The van der Waals surface area contributed by atoms with E-state index in [-0.39, 0.29) is 11.8 Å². The van der Waals surface area contributed by atoms with Crippen LogP contribution >= 0.6 is 0 Å². The number of hydrogen-bond donors (Lipinski definition) is 1. The van der Waals surface area contributed by atoms with Crippen molar-refractivity contribution in [3.8, 4) is 0 Å². The van der Waals surface area contributed by atoms with Crippen molar-refractivity contribution < 1.29 is 4.79 Å². The van der Waals surface area contributed by atoms with E-state index in [1.165, 1.54) is 0 Å². The lowest BCUT2D eigenvalue weighted by Gasteiger charge is -2.08. The van der Waals surface area contributed by atoms with E-state index in [1.54, 1.807) is 24.5 Å². The zero-order chi connectivity index (χ0) is 9.68. The second-order valence-corrected chi connectivity index (χ2v) is 3.03. The fourth-order valence-electron chi connectivity index (χ4n) is 0.886. The minimum Gasteiger partial charge on any atom is -0.326 e. The smallest absolute Gasteiger partial charge is 0.227 e. The first kappa shape index (κ1) is 9.71. The maximum absolute atomic E-state index is 11.4. The Morgan fingerprint density at radius 1 is 1.54 bits per heavy atom. The van der Waals surface area contributed by atoms with Crippen molar-refractivity contribution in [3.63, 3.8) is 0 Å². The third-order valence-electron chi connectivity index (χ3n) is 2.01. The molecule has 0 aliphatic carbocycles. The predicted octanol–water partition coefficient (Wildman–Crippen LogP) is 2.07. The van der Waals surface area contributed by atoms with Gasteiger partial charge in [-0.25, -0.2) is 0 Å². The summed E-state index contributed by atoms with van der Waals surface area (Å²) in [6.07, 6.45) is 4.18. The summed E-state index contributed by atoms with van der Waals surface area (Å²) < 4.78 is 0. The van der Waals surface area contributed by atoms with E-state index in [9.17, 15) is 4.79 Å². The number of hydrogen-bond acceptors (Lipinski definition) is 2. The summed E-state index contributed by atoms with van der Waals surface area (Å²) in [5.41, 5.74) is 0.806. The number of carbonyl (C=O) groups excluding carboxylic acids is 1. The van der Waals surface area contributed by atoms with Gasteiger partial charge in [-0.15, -0.1) is 0 Å². The van der Waals surface area contributed by atoms with Gasteiger partial charge in [-0.2, -0.15) is 0 Å². The summed E-state index contributed by atoms with van der Waals surface area (Å²) in [5.74, 6) is 0.127. The number of rotatable bonds is 3. The Balaban J connectivity index is 2.55. The van der Waals surface area contributed by atoms with Gasteiger partial charge in [-0.3, -0.25) is 9.78 Å². The molecule has 1 N–H and O–H groups in total. The highest BCUT2D eigenvalue weighted by Gasteiger charge is 2.09. The molecule has 0 saturated carbocycles. The number of carbonyl (C=O) groups is 1. The maximum Gasteiger partial charge on any atom is 0.227 e. The Hall–Kier alpha value is -1.38. The number of aromatic nitrogens is 1. The standard InChI is InChI=1S/C10H14N2O/c1-3-8(2)10(13)12-9-4-6-11-7-5-9/h4-8H,3H2,1-2H3,(H,11,12,13)/t8-/m1/s1. The molecule has 0 saturated heterocycles. The van der Waals surface area contributed by atoms with Gasteiger partial charge in [0.25, 0.3) is 0 Å². The average Bonchev–Trinajstić information content (AvgIpc) is 2.18. The van der Waals surface area contributed by atoms with E-state index in [4.69, 9.17) is 0 Å². The molecule has 1 atom stereocenters. The fourth-order valence-corrected chi connectivity index (χ4v) is 0.886. The van der Waals surface area contributed by atoms with Gasteiger partial charge < -0.3 is 5.32 Å². The van der Waals surface area contributed by atoms with E-state index >= 15 is 0 Å². The Kier molecular flexibility index (Phi) is 3.43. The molecule has 0 unspecified atom stereocenters. The van der Waals surface area contributed by atoms with Gasteiger partial charge >= 0.3 is 0 Å². The van der Waals surface area contributed by atoms with E-state index in [2.05, 4.69) is 10.3 Å². The van der Waals surface area contributed by atoms with Gasteiger partial charge in [0.2, 0.25) is 5.91 Å². The number of nitrogens with zero attached hydrogens (tertiary/aromatic N) is 1. The number of pyridine rings is 1. The van der Waals surface area contributed by atoms with E-state index < -0.39 is 0 Å². The van der Waals surface area contributed by atoms with E-state index in [1.807, 2.05) is 13.8 Å². The molecular weight excluding hydrogens is 164 g/mol. The molecular formula is C10H14N2O. The minimum atomic E-state index is 0.0631. The van der Waals surface area contributed by atoms with Crippen molar-refractivity contribution in [3.05, 3.63) is 24.5 Å². The zero-order valence-electron chi connectivity index (χ0n) is 7.95. The van der Waals surface area contributed by atoms with Crippen molar-refractivity contribution in [1.82, 2.24) is 4.98 Å². The Morgan fingerprint density at radius 3 is 2.69 bits per heavy atom. The third kappa shape index (κ3) is 2.86. The van der Waals surface area contributed by atoms with Crippen LogP contribution in [0.2, 0.25) is 0 Å². The van der Waals surface area contributed by atoms with Crippen molar-refractivity contribution in [1.29, 1.82) is 0 Å². The van der Waals surface area contributed by atoms with Crippen molar-refractivity contribution in [2.24, 2.45) is 5.92 Å². The fraction of sp³-hybridized carbons (Fsp3) is 0.400. The Bertz CT molecular complexity index is 272. The van der Waals surface area contributed by atoms with Gasteiger partial charge in [0.1, 0.15) is 0 Å². The molecule has 1 amide bonds. The van der Waals surface area contributed by atoms with Crippen LogP contribution in [0.25, 0.3) is 0 Å². The quantitative estimate of drug-likeness (QED) is 0.769. The molecule has 0 aliphatic heterocycles. The van der Waals surface area contributed by atoms with Crippen LogP contribution in [0.4, 0.5) is 5.69 Å². The number of amides is 1. The van der Waals surface area contributed by atoms with Crippen LogP contribution in [-0.2, 0) is 4.79 Å². The van der Waals surface area contributed by atoms with Crippen molar-refractivity contribution in [2.45, 2.75) is 20.3 Å². The lowest BCUT2D eigenvalue weighted by Crippen LogP contribution is -2.19. The van der Waals surface area contributed by atoms with Gasteiger partial charge in [-0.1, -0.05) is 13.8 Å².